The highest BCUT2D eigenvalue weighted by Crippen LogP contribution is 2.25. The number of nitrogens with two attached hydrogens (primary N) is 1. The minimum Gasteiger partial charge on any atom is -0.394 e. The van der Waals surface area contributed by atoms with Gasteiger partial charge in [0.2, 0.25) is 0 Å². The molecule has 2 aliphatic heterocycles. The average molecular weight is 272 g/mol. The molecule has 110 valence electrons. The van der Waals surface area contributed by atoms with Crippen LogP contribution in [0.2, 0.25) is 0 Å². The zero-order valence-corrected chi connectivity index (χ0v) is 11.7. The number of carbonyl (C=O) groups excluding carboxylic acids is 1. The van der Waals surface area contributed by atoms with Gasteiger partial charge in [0, 0.05) is 19.6 Å². The summed E-state index contributed by atoms with van der Waals surface area (Å²) in [5, 5.41) is 9.26. The number of nitrogens with zero attached hydrogens (tertiary/aromatic N) is 1. The van der Waals surface area contributed by atoms with Crippen molar-refractivity contribution < 1.29 is 19.4 Å². The summed E-state index contributed by atoms with van der Waals surface area (Å²) in [6.45, 7) is 5.17. The summed E-state index contributed by atoms with van der Waals surface area (Å²) in [4.78, 5) is 14.2. The molecule has 3 unspecified atom stereocenters. The molecule has 1 amide bonds. The Hall–Kier alpha value is -0.690. The Kier molecular flexibility index (Phi) is 4.45. The normalized spacial score (nSPS) is 34.5. The standard InChI is InChI=1S/C13H24N2O4/c1-13(2)8-15(6-10(7-16)19-13)12(17)11-4-3-9(5-14)18-11/h9-11,16H,3-8,14H2,1-2H3. The van der Waals surface area contributed by atoms with Crippen LogP contribution < -0.4 is 5.73 Å². The van der Waals surface area contributed by atoms with Gasteiger partial charge in [-0.05, 0) is 26.7 Å². The van der Waals surface area contributed by atoms with E-state index >= 15 is 0 Å². The largest absolute Gasteiger partial charge is 0.394 e. The molecule has 2 saturated heterocycles. The lowest BCUT2D eigenvalue weighted by Crippen LogP contribution is -2.57. The van der Waals surface area contributed by atoms with Gasteiger partial charge >= 0.3 is 0 Å². The third kappa shape index (κ3) is 3.45. The molecule has 2 rings (SSSR count). The van der Waals surface area contributed by atoms with Crippen LogP contribution in [0.25, 0.3) is 0 Å². The van der Waals surface area contributed by atoms with Crippen LogP contribution in [0.3, 0.4) is 0 Å². The fourth-order valence-corrected chi connectivity index (χ4v) is 2.82. The monoisotopic (exact) mass is 272 g/mol. The third-order valence-electron chi connectivity index (χ3n) is 3.64. The first-order valence-corrected chi connectivity index (χ1v) is 6.88. The van der Waals surface area contributed by atoms with Crippen LogP contribution in [0.1, 0.15) is 26.7 Å². The Balaban J connectivity index is 1.98. The second kappa shape index (κ2) is 5.75. The molecule has 2 aliphatic rings. The van der Waals surface area contributed by atoms with Crippen LogP contribution in [-0.4, -0.2) is 66.1 Å². The van der Waals surface area contributed by atoms with Gasteiger partial charge in [-0.15, -0.1) is 0 Å². The van der Waals surface area contributed by atoms with E-state index in [4.69, 9.17) is 15.2 Å². The maximum Gasteiger partial charge on any atom is 0.251 e. The Morgan fingerprint density at radius 1 is 1.42 bits per heavy atom. The van der Waals surface area contributed by atoms with E-state index < -0.39 is 5.60 Å². The predicted octanol–water partition coefficient (Wildman–Crippen LogP) is -0.509. The van der Waals surface area contributed by atoms with Crippen LogP contribution in [0.5, 0.6) is 0 Å². The molecule has 6 nitrogen and oxygen atoms in total. The van der Waals surface area contributed by atoms with E-state index in [1.165, 1.54) is 0 Å². The second-order valence-corrected chi connectivity index (χ2v) is 5.96. The lowest BCUT2D eigenvalue weighted by Gasteiger charge is -2.42. The smallest absolute Gasteiger partial charge is 0.251 e. The molecule has 0 aromatic rings. The van der Waals surface area contributed by atoms with Crippen molar-refractivity contribution in [1.29, 1.82) is 0 Å². The van der Waals surface area contributed by atoms with Gasteiger partial charge < -0.3 is 25.2 Å². The lowest BCUT2D eigenvalue weighted by molar-refractivity contribution is -0.174. The van der Waals surface area contributed by atoms with Crippen molar-refractivity contribution in [3.8, 4) is 0 Å². The van der Waals surface area contributed by atoms with E-state index in [-0.39, 0.29) is 30.8 Å². The fourth-order valence-electron chi connectivity index (χ4n) is 2.82. The summed E-state index contributed by atoms with van der Waals surface area (Å²) in [6, 6.07) is 0. The van der Waals surface area contributed by atoms with Gasteiger partial charge in [0.25, 0.3) is 5.91 Å². The summed E-state index contributed by atoms with van der Waals surface area (Å²) in [7, 11) is 0. The highest BCUT2D eigenvalue weighted by molar-refractivity contribution is 5.81. The number of ether oxygens (including phenoxy) is 2. The molecule has 0 radical (unpaired) electrons. The van der Waals surface area contributed by atoms with Crippen molar-refractivity contribution in [3.05, 3.63) is 0 Å². The molecular formula is C13H24N2O4. The number of rotatable bonds is 3. The summed E-state index contributed by atoms with van der Waals surface area (Å²) < 4.78 is 11.3. The second-order valence-electron chi connectivity index (χ2n) is 5.96. The maximum absolute atomic E-state index is 12.4. The molecular weight excluding hydrogens is 248 g/mol. The van der Waals surface area contributed by atoms with Gasteiger partial charge in [0.1, 0.15) is 6.10 Å². The van der Waals surface area contributed by atoms with Crippen LogP contribution in [-0.2, 0) is 14.3 Å². The molecule has 2 heterocycles. The first-order chi connectivity index (χ1) is 8.95. The predicted molar refractivity (Wildman–Crippen MR) is 69.6 cm³/mol. The number of amides is 1. The van der Waals surface area contributed by atoms with E-state index in [0.717, 1.165) is 12.8 Å². The van der Waals surface area contributed by atoms with E-state index in [1.807, 2.05) is 13.8 Å². The lowest BCUT2D eigenvalue weighted by atomic mass is 10.0. The third-order valence-corrected chi connectivity index (χ3v) is 3.64. The first-order valence-electron chi connectivity index (χ1n) is 6.88. The van der Waals surface area contributed by atoms with Crippen molar-refractivity contribution in [2.24, 2.45) is 5.73 Å². The van der Waals surface area contributed by atoms with Gasteiger partial charge in [-0.2, -0.15) is 0 Å². The zero-order chi connectivity index (χ0) is 14.0. The summed E-state index contributed by atoms with van der Waals surface area (Å²) >= 11 is 0. The molecule has 0 aliphatic carbocycles. The zero-order valence-electron chi connectivity index (χ0n) is 11.7. The molecule has 6 heteroatoms. The minimum atomic E-state index is -0.437. The SMILES string of the molecule is CC1(C)CN(C(=O)C2CCC(CN)O2)CC(CO)O1. The number of morpholine rings is 1. The summed E-state index contributed by atoms with van der Waals surface area (Å²) in [5.41, 5.74) is 5.12. The van der Waals surface area contributed by atoms with Crippen molar-refractivity contribution in [1.82, 2.24) is 4.90 Å². The van der Waals surface area contributed by atoms with Crippen LogP contribution in [0.4, 0.5) is 0 Å². The maximum atomic E-state index is 12.4. The van der Waals surface area contributed by atoms with Gasteiger partial charge in [0.05, 0.1) is 24.4 Å². The Morgan fingerprint density at radius 2 is 2.16 bits per heavy atom. The molecule has 0 bridgehead atoms. The van der Waals surface area contributed by atoms with Gasteiger partial charge in [-0.25, -0.2) is 0 Å². The molecule has 0 aromatic heterocycles. The number of carbonyl (C=O) groups is 1. The Morgan fingerprint density at radius 3 is 2.74 bits per heavy atom. The highest BCUT2D eigenvalue weighted by Gasteiger charge is 2.39. The van der Waals surface area contributed by atoms with Crippen molar-refractivity contribution >= 4 is 5.91 Å². The summed E-state index contributed by atoms with van der Waals surface area (Å²) in [6.07, 6.45) is 0.852. The quantitative estimate of drug-likeness (QED) is 0.723. The fraction of sp³-hybridized carbons (Fsp3) is 0.923. The molecule has 0 spiro atoms. The minimum absolute atomic E-state index is 0.00311. The molecule has 19 heavy (non-hydrogen) atoms. The molecule has 3 atom stereocenters. The van der Waals surface area contributed by atoms with E-state index in [1.54, 1.807) is 4.90 Å². The van der Waals surface area contributed by atoms with Crippen molar-refractivity contribution in [3.63, 3.8) is 0 Å². The Labute approximate surface area is 113 Å². The first kappa shape index (κ1) is 14.7. The van der Waals surface area contributed by atoms with Crippen LogP contribution in [0.15, 0.2) is 0 Å². The van der Waals surface area contributed by atoms with Crippen LogP contribution >= 0.6 is 0 Å². The van der Waals surface area contributed by atoms with Crippen molar-refractivity contribution in [2.75, 3.05) is 26.2 Å². The molecule has 3 N–H and O–H groups in total. The van der Waals surface area contributed by atoms with Gasteiger partial charge in [-0.3, -0.25) is 4.79 Å². The highest BCUT2D eigenvalue weighted by atomic mass is 16.5. The van der Waals surface area contributed by atoms with Crippen molar-refractivity contribution in [2.45, 2.75) is 50.6 Å². The van der Waals surface area contributed by atoms with E-state index in [0.29, 0.717) is 19.6 Å². The molecule has 2 fully saturated rings. The summed E-state index contributed by atoms with van der Waals surface area (Å²) in [5.74, 6) is -0.00854. The Bertz CT molecular complexity index is 335. The number of hydrogen-bond acceptors (Lipinski definition) is 5. The number of hydrogen-bond donors (Lipinski definition) is 2. The topological polar surface area (TPSA) is 85.0 Å². The van der Waals surface area contributed by atoms with Gasteiger partial charge in [0.15, 0.2) is 0 Å². The number of aliphatic hydroxyl groups excluding tert-OH is 1. The molecule has 0 aromatic carbocycles. The average Bonchev–Trinajstić information content (AvgIpc) is 2.84. The molecule has 0 saturated carbocycles. The van der Waals surface area contributed by atoms with Gasteiger partial charge in [-0.1, -0.05) is 0 Å². The van der Waals surface area contributed by atoms with Crippen LogP contribution in [0, 0.1) is 0 Å². The van der Waals surface area contributed by atoms with E-state index in [2.05, 4.69) is 0 Å². The van der Waals surface area contributed by atoms with E-state index in [9.17, 15) is 9.90 Å². The number of aliphatic hydroxyl groups is 1.